The molecule has 0 aliphatic carbocycles. The first-order valence-electron chi connectivity index (χ1n) is 12.0. The number of phenols is 1. The lowest BCUT2D eigenvalue weighted by Gasteiger charge is -2.31. The van der Waals surface area contributed by atoms with Gasteiger partial charge in [-0.15, -0.1) is 0 Å². The topological polar surface area (TPSA) is 151 Å². The summed E-state index contributed by atoms with van der Waals surface area (Å²) in [6.45, 7) is 8.37. The molecule has 10 heteroatoms. The summed E-state index contributed by atoms with van der Waals surface area (Å²) in [4.78, 5) is 52.1. The van der Waals surface area contributed by atoms with Crippen LogP contribution in [0, 0.1) is 26.3 Å². The first-order chi connectivity index (χ1) is 17.7. The number of carbonyl (C=O) groups excluding carboxylic acids is 4. The molecule has 2 aromatic carbocycles. The summed E-state index contributed by atoms with van der Waals surface area (Å²) in [6.07, 6.45) is 4.38. The molecule has 0 heterocycles. The number of hydrogen-bond donors (Lipinski definition) is 4. The van der Waals surface area contributed by atoms with Crippen molar-refractivity contribution in [3.05, 3.63) is 59.2 Å². The average molecular weight is 523 g/mol. The predicted molar refractivity (Wildman–Crippen MR) is 143 cm³/mol. The van der Waals surface area contributed by atoms with E-state index in [0.29, 0.717) is 11.3 Å². The normalized spacial score (nSPS) is 12.4. The number of anilines is 1. The Labute approximate surface area is 222 Å². The molecule has 0 saturated carbocycles. The van der Waals surface area contributed by atoms with E-state index in [-0.39, 0.29) is 24.2 Å². The van der Waals surface area contributed by atoms with Crippen molar-refractivity contribution in [1.29, 1.82) is 0 Å². The molecule has 2 unspecified atom stereocenters. The summed E-state index contributed by atoms with van der Waals surface area (Å²) < 4.78 is 5.25. The Bertz CT molecular complexity index is 1240. The van der Waals surface area contributed by atoms with Crippen LogP contribution in [0.25, 0.3) is 0 Å². The highest BCUT2D eigenvalue weighted by Crippen LogP contribution is 2.33. The number of aromatic hydroxyl groups is 1. The van der Waals surface area contributed by atoms with E-state index in [1.54, 1.807) is 71.0 Å². The van der Waals surface area contributed by atoms with Crippen molar-refractivity contribution in [2.24, 2.45) is 5.73 Å². The number of phenolic OH excluding ortho intramolecular Hbond substituents is 1. The molecule has 0 spiro atoms. The van der Waals surface area contributed by atoms with E-state index in [1.807, 2.05) is 0 Å². The van der Waals surface area contributed by atoms with E-state index in [4.69, 9.17) is 16.9 Å². The van der Waals surface area contributed by atoms with Crippen LogP contribution in [0.5, 0.6) is 5.75 Å². The van der Waals surface area contributed by atoms with E-state index < -0.39 is 41.5 Å². The SMILES string of the molecule is C#CN(C(=O)C(CCC(N)=O)NC(=O)OC(C)(C)C)C(C(=O)Nc1ccccc1C)c1cccc(C)c1O. The molecular weight excluding hydrogens is 488 g/mol. The Balaban J connectivity index is 2.54. The van der Waals surface area contributed by atoms with Gasteiger partial charge in [-0.2, -0.15) is 0 Å². The van der Waals surface area contributed by atoms with Gasteiger partial charge in [-0.1, -0.05) is 42.8 Å². The number of carbonyl (C=O) groups is 4. The number of aryl methyl sites for hydroxylation is 2. The fourth-order valence-corrected chi connectivity index (χ4v) is 3.64. The van der Waals surface area contributed by atoms with Gasteiger partial charge in [0, 0.05) is 23.7 Å². The summed E-state index contributed by atoms with van der Waals surface area (Å²) in [5, 5.41) is 16.0. The van der Waals surface area contributed by atoms with Crippen LogP contribution >= 0.6 is 0 Å². The molecule has 2 atom stereocenters. The zero-order valence-corrected chi connectivity index (χ0v) is 22.2. The molecule has 0 aromatic heterocycles. The number of nitrogens with zero attached hydrogens (tertiary/aromatic N) is 1. The quantitative estimate of drug-likeness (QED) is 0.293. The third kappa shape index (κ3) is 8.00. The van der Waals surface area contributed by atoms with Crippen molar-refractivity contribution in [1.82, 2.24) is 10.2 Å². The minimum absolute atomic E-state index is 0.0771. The van der Waals surface area contributed by atoms with E-state index in [2.05, 4.69) is 16.7 Å². The molecule has 38 heavy (non-hydrogen) atoms. The number of primary amides is 1. The Kier molecular flexibility index (Phi) is 9.88. The first kappa shape index (κ1) is 29.7. The zero-order valence-electron chi connectivity index (χ0n) is 22.2. The maximum absolute atomic E-state index is 13.7. The number of terminal acetylenes is 1. The van der Waals surface area contributed by atoms with Crippen molar-refractivity contribution in [3.8, 4) is 18.2 Å². The van der Waals surface area contributed by atoms with Gasteiger partial charge < -0.3 is 26.2 Å². The highest BCUT2D eigenvalue weighted by Gasteiger charge is 2.37. The highest BCUT2D eigenvalue weighted by atomic mass is 16.6. The number of amides is 4. The standard InChI is InChI=1S/C28H34N4O6/c1-7-32(26(36)21(15-16-22(29)33)31-27(37)38-28(4,5)6)23(19-13-10-12-18(3)24(19)34)25(35)30-20-14-9-8-11-17(20)2/h1,8-14,21,23,34H,15-16H2,2-6H3,(H2,29,33)(H,30,35)(H,31,37). The Morgan fingerprint density at radius 2 is 1.71 bits per heavy atom. The first-order valence-corrected chi connectivity index (χ1v) is 12.0. The minimum atomic E-state index is -1.48. The number of ether oxygens (including phenoxy) is 1. The summed E-state index contributed by atoms with van der Waals surface area (Å²) >= 11 is 0. The summed E-state index contributed by atoms with van der Waals surface area (Å²) in [5.41, 5.74) is 6.19. The van der Waals surface area contributed by atoms with E-state index in [0.717, 1.165) is 10.5 Å². The zero-order chi connectivity index (χ0) is 28.6. The van der Waals surface area contributed by atoms with Gasteiger partial charge in [0.1, 0.15) is 17.4 Å². The molecule has 10 nitrogen and oxygen atoms in total. The van der Waals surface area contributed by atoms with Gasteiger partial charge in [0.15, 0.2) is 6.04 Å². The van der Waals surface area contributed by atoms with Crippen LogP contribution < -0.4 is 16.4 Å². The predicted octanol–water partition coefficient (Wildman–Crippen LogP) is 3.27. The smallest absolute Gasteiger partial charge is 0.408 e. The number of benzene rings is 2. The summed E-state index contributed by atoms with van der Waals surface area (Å²) in [6, 6.07) is 11.1. The molecule has 0 saturated heterocycles. The molecular formula is C28H34N4O6. The van der Waals surface area contributed by atoms with Crippen molar-refractivity contribution in [3.63, 3.8) is 0 Å². The van der Waals surface area contributed by atoms with Crippen LogP contribution in [0.1, 0.15) is 56.3 Å². The minimum Gasteiger partial charge on any atom is -0.507 e. The molecule has 0 fully saturated rings. The number of nitrogens with one attached hydrogen (secondary N) is 2. The van der Waals surface area contributed by atoms with Crippen LogP contribution in [-0.4, -0.2) is 45.5 Å². The van der Waals surface area contributed by atoms with Gasteiger partial charge in [-0.25, -0.2) is 4.79 Å². The fourth-order valence-electron chi connectivity index (χ4n) is 3.64. The number of hydrogen-bond acceptors (Lipinski definition) is 6. The second-order valence-corrected chi connectivity index (χ2v) is 9.76. The van der Waals surface area contributed by atoms with E-state index in [9.17, 15) is 24.3 Å². The number of alkyl carbamates (subject to hydrolysis) is 1. The number of para-hydroxylation sites is 2. The van der Waals surface area contributed by atoms with Crippen LogP contribution in [-0.2, 0) is 19.1 Å². The van der Waals surface area contributed by atoms with E-state index >= 15 is 0 Å². The molecule has 2 aromatic rings. The van der Waals surface area contributed by atoms with Crippen molar-refractivity contribution >= 4 is 29.5 Å². The van der Waals surface area contributed by atoms with Crippen molar-refractivity contribution in [2.45, 2.75) is 65.1 Å². The third-order valence-corrected chi connectivity index (χ3v) is 5.52. The summed E-state index contributed by atoms with van der Waals surface area (Å²) in [5.74, 6) is -2.49. The van der Waals surface area contributed by atoms with Crippen molar-refractivity contribution in [2.75, 3.05) is 5.32 Å². The number of nitrogens with two attached hydrogens (primary N) is 1. The van der Waals surface area contributed by atoms with Gasteiger partial charge in [-0.3, -0.25) is 19.3 Å². The molecule has 0 radical (unpaired) electrons. The van der Waals surface area contributed by atoms with Gasteiger partial charge in [0.25, 0.3) is 11.8 Å². The van der Waals surface area contributed by atoms with Crippen molar-refractivity contribution < 1.29 is 29.0 Å². The maximum Gasteiger partial charge on any atom is 0.408 e. The molecule has 2 rings (SSSR count). The lowest BCUT2D eigenvalue weighted by atomic mass is 9.99. The molecule has 0 bridgehead atoms. The van der Waals surface area contributed by atoms with E-state index in [1.165, 1.54) is 6.07 Å². The van der Waals surface area contributed by atoms with Crippen LogP contribution in [0.15, 0.2) is 42.5 Å². The second-order valence-electron chi connectivity index (χ2n) is 9.76. The monoisotopic (exact) mass is 522 g/mol. The van der Waals surface area contributed by atoms with Gasteiger partial charge >= 0.3 is 6.09 Å². The van der Waals surface area contributed by atoms with Crippen LogP contribution in [0.2, 0.25) is 0 Å². The Morgan fingerprint density at radius 1 is 1.08 bits per heavy atom. The molecule has 0 aliphatic heterocycles. The lowest BCUT2D eigenvalue weighted by molar-refractivity contribution is -0.137. The third-order valence-electron chi connectivity index (χ3n) is 5.52. The van der Waals surface area contributed by atoms with Crippen LogP contribution in [0.3, 0.4) is 0 Å². The van der Waals surface area contributed by atoms with Gasteiger partial charge in [-0.05, 0) is 58.2 Å². The van der Waals surface area contributed by atoms with Gasteiger partial charge in [0.2, 0.25) is 5.91 Å². The molecule has 0 aliphatic rings. The maximum atomic E-state index is 13.7. The molecule has 202 valence electrons. The Hall–Kier alpha value is -4.52. The number of rotatable bonds is 9. The Morgan fingerprint density at radius 3 is 2.29 bits per heavy atom. The highest BCUT2D eigenvalue weighted by molar-refractivity contribution is 6.00. The lowest BCUT2D eigenvalue weighted by Crippen LogP contribution is -2.51. The fraction of sp³-hybridized carbons (Fsp3) is 0.357. The van der Waals surface area contributed by atoms with Crippen LogP contribution in [0.4, 0.5) is 10.5 Å². The van der Waals surface area contributed by atoms with Gasteiger partial charge in [0.05, 0.1) is 0 Å². The largest absolute Gasteiger partial charge is 0.507 e. The molecule has 5 N–H and O–H groups in total. The second kappa shape index (κ2) is 12.6. The molecule has 4 amide bonds. The summed E-state index contributed by atoms with van der Waals surface area (Å²) in [7, 11) is 0. The average Bonchev–Trinajstić information content (AvgIpc) is 2.82.